The average molecular weight is 292 g/mol. The molecule has 120 valence electrons. The summed E-state index contributed by atoms with van der Waals surface area (Å²) in [5, 5.41) is 9.07. The van der Waals surface area contributed by atoms with E-state index < -0.39 is 5.97 Å². The summed E-state index contributed by atoms with van der Waals surface area (Å²) >= 11 is 0. The van der Waals surface area contributed by atoms with E-state index in [2.05, 4.69) is 26.2 Å². The first-order valence-electron chi connectivity index (χ1n) is 8.25. The molecule has 0 aliphatic rings. The van der Waals surface area contributed by atoms with Gasteiger partial charge in [-0.3, -0.25) is 4.79 Å². The Hall–Kier alpha value is -1.31. The van der Waals surface area contributed by atoms with Crippen LogP contribution in [0, 0.1) is 11.8 Å². The van der Waals surface area contributed by atoms with E-state index in [0.29, 0.717) is 18.8 Å². The van der Waals surface area contributed by atoms with Gasteiger partial charge >= 0.3 is 5.97 Å². The van der Waals surface area contributed by atoms with Crippen molar-refractivity contribution in [2.45, 2.75) is 64.7 Å². The summed E-state index contributed by atoms with van der Waals surface area (Å²) in [5.74, 6) is -0.416. The topological polar surface area (TPSA) is 37.3 Å². The Labute approximate surface area is 130 Å². The number of unbranched alkanes of at least 4 members (excludes halogenated alkanes) is 3. The molecule has 0 heterocycles. The van der Waals surface area contributed by atoms with Gasteiger partial charge in [0, 0.05) is 0 Å². The lowest BCUT2D eigenvalue weighted by Gasteiger charge is -2.12. The first kappa shape index (κ1) is 19.7. The molecule has 1 N–H and O–H groups in total. The highest BCUT2D eigenvalue weighted by molar-refractivity contribution is 5.70. The number of carbonyl (C=O) groups is 1. The third kappa shape index (κ3) is 11.1. The SMILES string of the molecule is C=CCC(C/C=C/CC(CC=C)C(=O)O)CCCCCC. The molecule has 0 aliphatic heterocycles. The molecule has 0 fully saturated rings. The monoisotopic (exact) mass is 292 g/mol. The fourth-order valence-corrected chi connectivity index (χ4v) is 2.48. The maximum atomic E-state index is 11.0. The van der Waals surface area contributed by atoms with Gasteiger partial charge in [-0.05, 0) is 38.0 Å². The molecule has 0 amide bonds. The second kappa shape index (κ2) is 13.7. The fraction of sp³-hybridized carbons (Fsp3) is 0.632. The number of hydrogen-bond acceptors (Lipinski definition) is 1. The van der Waals surface area contributed by atoms with Gasteiger partial charge in [0.25, 0.3) is 0 Å². The Morgan fingerprint density at radius 1 is 1.00 bits per heavy atom. The Balaban J connectivity index is 4.08. The largest absolute Gasteiger partial charge is 0.481 e. The third-order valence-electron chi connectivity index (χ3n) is 3.82. The molecule has 0 aromatic rings. The van der Waals surface area contributed by atoms with Crippen molar-refractivity contribution in [1.29, 1.82) is 0 Å². The van der Waals surface area contributed by atoms with E-state index in [1.54, 1.807) is 6.08 Å². The van der Waals surface area contributed by atoms with Gasteiger partial charge in [-0.2, -0.15) is 0 Å². The van der Waals surface area contributed by atoms with Gasteiger partial charge in [-0.15, -0.1) is 13.2 Å². The van der Waals surface area contributed by atoms with Gasteiger partial charge in [0.15, 0.2) is 0 Å². The third-order valence-corrected chi connectivity index (χ3v) is 3.82. The second-order valence-electron chi connectivity index (χ2n) is 5.74. The number of aliphatic carboxylic acids is 1. The predicted octanol–water partition coefficient (Wildman–Crippen LogP) is 5.76. The van der Waals surface area contributed by atoms with Gasteiger partial charge in [0.05, 0.1) is 5.92 Å². The van der Waals surface area contributed by atoms with Crippen LogP contribution in [0.5, 0.6) is 0 Å². The molecule has 2 nitrogen and oxygen atoms in total. The molecule has 0 saturated carbocycles. The lowest BCUT2D eigenvalue weighted by Crippen LogP contribution is -2.11. The lowest BCUT2D eigenvalue weighted by atomic mass is 9.93. The van der Waals surface area contributed by atoms with Crippen molar-refractivity contribution in [2.75, 3.05) is 0 Å². The average Bonchev–Trinajstić information content (AvgIpc) is 2.46. The molecule has 0 saturated heterocycles. The summed E-state index contributed by atoms with van der Waals surface area (Å²) in [6.07, 6.45) is 17.5. The summed E-state index contributed by atoms with van der Waals surface area (Å²) in [7, 11) is 0. The minimum absolute atomic E-state index is 0.332. The smallest absolute Gasteiger partial charge is 0.307 e. The summed E-state index contributed by atoms with van der Waals surface area (Å²) in [6, 6.07) is 0. The molecule has 0 aromatic heterocycles. The van der Waals surface area contributed by atoms with E-state index in [4.69, 9.17) is 5.11 Å². The van der Waals surface area contributed by atoms with Crippen LogP contribution in [0.1, 0.15) is 64.7 Å². The standard InChI is InChI=1S/C19H32O2/c1-4-7-8-9-14-17(12-5-2)15-10-11-16-18(13-6-3)19(20)21/h5-6,10-11,17-18H,2-4,7-9,12-16H2,1H3,(H,20,21)/b11-10+. The molecule has 0 bridgehead atoms. The first-order chi connectivity index (χ1) is 10.2. The zero-order valence-electron chi connectivity index (χ0n) is 13.6. The van der Waals surface area contributed by atoms with Crippen LogP contribution in [0.15, 0.2) is 37.5 Å². The Bertz CT molecular complexity index is 318. The van der Waals surface area contributed by atoms with Crippen LogP contribution in [-0.4, -0.2) is 11.1 Å². The van der Waals surface area contributed by atoms with Crippen LogP contribution in [0.2, 0.25) is 0 Å². The van der Waals surface area contributed by atoms with E-state index in [0.717, 1.165) is 12.8 Å². The molecule has 0 radical (unpaired) electrons. The summed E-state index contributed by atoms with van der Waals surface area (Å²) in [4.78, 5) is 11.0. The van der Waals surface area contributed by atoms with E-state index in [9.17, 15) is 4.79 Å². The van der Waals surface area contributed by atoms with Crippen LogP contribution in [0.25, 0.3) is 0 Å². The number of rotatable bonds is 14. The van der Waals surface area contributed by atoms with Crippen molar-refractivity contribution in [3.05, 3.63) is 37.5 Å². The molecule has 2 unspecified atom stereocenters. The van der Waals surface area contributed by atoms with Crippen LogP contribution in [-0.2, 0) is 4.79 Å². The highest BCUT2D eigenvalue weighted by atomic mass is 16.4. The molecular formula is C19H32O2. The molecule has 2 heteroatoms. The predicted molar refractivity (Wildman–Crippen MR) is 91.4 cm³/mol. The molecule has 0 rings (SSSR count). The summed E-state index contributed by atoms with van der Waals surface area (Å²) in [5.41, 5.74) is 0. The number of carboxylic acid groups (broad SMARTS) is 1. The molecule has 0 spiro atoms. The molecule has 21 heavy (non-hydrogen) atoms. The number of hydrogen-bond donors (Lipinski definition) is 1. The zero-order chi connectivity index (χ0) is 15.9. The van der Waals surface area contributed by atoms with Gasteiger partial charge in [0.1, 0.15) is 0 Å². The summed E-state index contributed by atoms with van der Waals surface area (Å²) in [6.45, 7) is 9.68. The minimum Gasteiger partial charge on any atom is -0.481 e. The molecule has 2 atom stereocenters. The van der Waals surface area contributed by atoms with Crippen molar-refractivity contribution in [3.63, 3.8) is 0 Å². The normalized spacial score (nSPS) is 14.0. The van der Waals surface area contributed by atoms with E-state index in [1.807, 2.05) is 12.2 Å². The quantitative estimate of drug-likeness (QED) is 0.326. The van der Waals surface area contributed by atoms with Gasteiger partial charge in [0.2, 0.25) is 0 Å². The molecule has 0 aliphatic carbocycles. The lowest BCUT2D eigenvalue weighted by molar-refractivity contribution is -0.141. The fourth-order valence-electron chi connectivity index (χ4n) is 2.48. The van der Waals surface area contributed by atoms with Crippen LogP contribution in [0.3, 0.4) is 0 Å². The highest BCUT2D eigenvalue weighted by Gasteiger charge is 2.13. The number of carboxylic acids is 1. The highest BCUT2D eigenvalue weighted by Crippen LogP contribution is 2.20. The Morgan fingerprint density at radius 2 is 1.67 bits per heavy atom. The molecule has 0 aromatic carbocycles. The summed E-state index contributed by atoms with van der Waals surface area (Å²) < 4.78 is 0. The first-order valence-corrected chi connectivity index (χ1v) is 8.25. The zero-order valence-corrected chi connectivity index (χ0v) is 13.6. The Kier molecular flexibility index (Phi) is 12.8. The van der Waals surface area contributed by atoms with E-state index in [1.165, 1.54) is 32.1 Å². The van der Waals surface area contributed by atoms with Gasteiger partial charge in [-0.25, -0.2) is 0 Å². The van der Waals surface area contributed by atoms with Crippen molar-refractivity contribution >= 4 is 5.97 Å². The van der Waals surface area contributed by atoms with Gasteiger partial charge < -0.3 is 5.11 Å². The van der Waals surface area contributed by atoms with Gasteiger partial charge in [-0.1, -0.05) is 56.9 Å². The number of allylic oxidation sites excluding steroid dienone is 4. The molecular weight excluding hydrogens is 260 g/mol. The van der Waals surface area contributed by atoms with Crippen LogP contribution < -0.4 is 0 Å². The second-order valence-corrected chi connectivity index (χ2v) is 5.74. The maximum absolute atomic E-state index is 11.0. The van der Waals surface area contributed by atoms with Crippen molar-refractivity contribution in [2.24, 2.45) is 11.8 Å². The van der Waals surface area contributed by atoms with Crippen molar-refractivity contribution in [1.82, 2.24) is 0 Å². The van der Waals surface area contributed by atoms with Crippen LogP contribution in [0.4, 0.5) is 0 Å². The Morgan fingerprint density at radius 3 is 2.24 bits per heavy atom. The maximum Gasteiger partial charge on any atom is 0.307 e. The van der Waals surface area contributed by atoms with Crippen LogP contribution >= 0.6 is 0 Å². The van der Waals surface area contributed by atoms with E-state index in [-0.39, 0.29) is 5.92 Å². The van der Waals surface area contributed by atoms with Crippen molar-refractivity contribution < 1.29 is 9.90 Å². The minimum atomic E-state index is -0.734. The van der Waals surface area contributed by atoms with Crippen molar-refractivity contribution in [3.8, 4) is 0 Å². The van der Waals surface area contributed by atoms with E-state index >= 15 is 0 Å².